The Morgan fingerprint density at radius 2 is 2.05 bits per heavy atom. The normalized spacial score (nSPS) is 20.0. The first kappa shape index (κ1) is 14.9. The molecule has 0 aromatic heterocycles. The molecule has 1 atom stereocenters. The SMILES string of the molecule is Cc1cc(N)ccc1C(=O)N1CCCC(C(C)C)CC1. The average molecular weight is 274 g/mol. The minimum Gasteiger partial charge on any atom is -0.399 e. The van der Waals surface area contributed by atoms with Crippen LogP contribution in [0.4, 0.5) is 5.69 Å². The van der Waals surface area contributed by atoms with Crippen LogP contribution in [0, 0.1) is 18.8 Å². The number of rotatable bonds is 2. The van der Waals surface area contributed by atoms with Crippen LogP contribution in [-0.4, -0.2) is 23.9 Å². The van der Waals surface area contributed by atoms with Gasteiger partial charge in [-0.25, -0.2) is 0 Å². The summed E-state index contributed by atoms with van der Waals surface area (Å²) in [6, 6.07) is 5.55. The quantitative estimate of drug-likeness (QED) is 0.839. The summed E-state index contributed by atoms with van der Waals surface area (Å²) in [6.07, 6.45) is 3.47. The van der Waals surface area contributed by atoms with E-state index in [1.807, 2.05) is 30.0 Å². The van der Waals surface area contributed by atoms with Crippen LogP contribution in [0.5, 0.6) is 0 Å². The number of carbonyl (C=O) groups is 1. The second kappa shape index (κ2) is 6.29. The van der Waals surface area contributed by atoms with Gasteiger partial charge in [0.1, 0.15) is 0 Å². The monoisotopic (exact) mass is 274 g/mol. The number of carbonyl (C=O) groups excluding carboxylic acids is 1. The van der Waals surface area contributed by atoms with Gasteiger partial charge in [0.2, 0.25) is 0 Å². The van der Waals surface area contributed by atoms with E-state index in [-0.39, 0.29) is 5.91 Å². The molecule has 0 spiro atoms. The molecule has 1 aliphatic heterocycles. The number of hydrogen-bond donors (Lipinski definition) is 1. The second-order valence-corrected chi connectivity index (χ2v) is 6.30. The second-order valence-electron chi connectivity index (χ2n) is 6.30. The van der Waals surface area contributed by atoms with Crippen molar-refractivity contribution in [2.45, 2.75) is 40.0 Å². The number of anilines is 1. The van der Waals surface area contributed by atoms with Gasteiger partial charge in [-0.15, -0.1) is 0 Å². The summed E-state index contributed by atoms with van der Waals surface area (Å²) in [4.78, 5) is 14.7. The van der Waals surface area contributed by atoms with Crippen LogP contribution < -0.4 is 5.73 Å². The lowest BCUT2D eigenvalue weighted by Crippen LogP contribution is -2.32. The van der Waals surface area contributed by atoms with Crippen molar-refractivity contribution in [3.05, 3.63) is 29.3 Å². The lowest BCUT2D eigenvalue weighted by molar-refractivity contribution is 0.0758. The van der Waals surface area contributed by atoms with E-state index in [0.717, 1.165) is 48.7 Å². The molecule has 2 rings (SSSR count). The van der Waals surface area contributed by atoms with E-state index in [2.05, 4.69) is 13.8 Å². The van der Waals surface area contributed by atoms with Crippen molar-refractivity contribution >= 4 is 11.6 Å². The van der Waals surface area contributed by atoms with Crippen molar-refractivity contribution in [2.75, 3.05) is 18.8 Å². The molecular weight excluding hydrogens is 248 g/mol. The predicted octanol–water partition coefficient (Wildman–Crippen LogP) is 3.48. The molecule has 2 N–H and O–H groups in total. The van der Waals surface area contributed by atoms with Crippen molar-refractivity contribution in [1.82, 2.24) is 4.90 Å². The van der Waals surface area contributed by atoms with Crippen LogP contribution in [0.2, 0.25) is 0 Å². The van der Waals surface area contributed by atoms with Crippen LogP contribution in [0.1, 0.15) is 49.0 Å². The molecular formula is C17H26N2O. The molecule has 1 aromatic rings. The molecule has 0 radical (unpaired) electrons. The van der Waals surface area contributed by atoms with Gasteiger partial charge in [0.05, 0.1) is 0 Å². The lowest BCUT2D eigenvalue weighted by atomic mass is 9.89. The first-order valence-electron chi connectivity index (χ1n) is 7.64. The topological polar surface area (TPSA) is 46.3 Å². The minimum absolute atomic E-state index is 0.159. The molecule has 0 aliphatic carbocycles. The first-order chi connectivity index (χ1) is 9.49. The van der Waals surface area contributed by atoms with Crippen LogP contribution in [-0.2, 0) is 0 Å². The van der Waals surface area contributed by atoms with E-state index < -0.39 is 0 Å². The van der Waals surface area contributed by atoms with Gasteiger partial charge in [-0.1, -0.05) is 13.8 Å². The van der Waals surface area contributed by atoms with Gasteiger partial charge in [-0.05, 0) is 61.8 Å². The van der Waals surface area contributed by atoms with Crippen LogP contribution in [0.15, 0.2) is 18.2 Å². The number of nitrogens with two attached hydrogens (primary N) is 1. The van der Waals surface area contributed by atoms with Gasteiger partial charge < -0.3 is 10.6 Å². The zero-order chi connectivity index (χ0) is 14.7. The molecule has 0 saturated carbocycles. The molecule has 3 heteroatoms. The number of hydrogen-bond acceptors (Lipinski definition) is 2. The molecule has 1 amide bonds. The molecule has 1 unspecified atom stereocenters. The van der Waals surface area contributed by atoms with Gasteiger partial charge >= 0.3 is 0 Å². The molecule has 1 heterocycles. The molecule has 20 heavy (non-hydrogen) atoms. The Bertz CT molecular complexity index is 482. The van der Waals surface area contributed by atoms with Crippen molar-refractivity contribution < 1.29 is 4.79 Å². The van der Waals surface area contributed by atoms with E-state index in [4.69, 9.17) is 5.73 Å². The maximum Gasteiger partial charge on any atom is 0.254 e. The number of aryl methyl sites for hydroxylation is 1. The zero-order valence-electron chi connectivity index (χ0n) is 12.9. The van der Waals surface area contributed by atoms with Crippen molar-refractivity contribution in [1.29, 1.82) is 0 Å². The molecule has 0 bridgehead atoms. The van der Waals surface area contributed by atoms with Crippen LogP contribution in [0.3, 0.4) is 0 Å². The summed E-state index contributed by atoms with van der Waals surface area (Å²) >= 11 is 0. The highest BCUT2D eigenvalue weighted by atomic mass is 16.2. The Hall–Kier alpha value is -1.51. The third-order valence-corrected chi connectivity index (χ3v) is 4.48. The Morgan fingerprint density at radius 3 is 2.70 bits per heavy atom. The number of amides is 1. The standard InChI is InChI=1S/C17H26N2O/c1-12(2)14-5-4-9-19(10-8-14)17(20)16-7-6-15(18)11-13(16)3/h6-7,11-12,14H,4-5,8-10,18H2,1-3H3. The summed E-state index contributed by atoms with van der Waals surface area (Å²) in [5.41, 5.74) is 8.24. The fourth-order valence-corrected chi connectivity index (χ4v) is 3.09. The highest BCUT2D eigenvalue weighted by Crippen LogP contribution is 2.25. The minimum atomic E-state index is 0.159. The van der Waals surface area contributed by atoms with Crippen LogP contribution >= 0.6 is 0 Å². The van der Waals surface area contributed by atoms with Gasteiger partial charge in [0.25, 0.3) is 5.91 Å². The van der Waals surface area contributed by atoms with Gasteiger partial charge in [-0.2, -0.15) is 0 Å². The lowest BCUT2D eigenvalue weighted by Gasteiger charge is -2.22. The van der Waals surface area contributed by atoms with Crippen molar-refractivity contribution in [3.63, 3.8) is 0 Å². The number of nitrogen functional groups attached to an aromatic ring is 1. The molecule has 1 aromatic carbocycles. The summed E-state index contributed by atoms with van der Waals surface area (Å²) in [5.74, 6) is 1.62. The summed E-state index contributed by atoms with van der Waals surface area (Å²) in [6.45, 7) is 8.29. The molecule has 3 nitrogen and oxygen atoms in total. The van der Waals surface area contributed by atoms with Gasteiger partial charge in [0, 0.05) is 24.3 Å². The molecule has 1 aliphatic rings. The fraction of sp³-hybridized carbons (Fsp3) is 0.588. The largest absolute Gasteiger partial charge is 0.399 e. The zero-order valence-corrected chi connectivity index (χ0v) is 12.9. The predicted molar refractivity (Wildman–Crippen MR) is 83.7 cm³/mol. The summed E-state index contributed by atoms with van der Waals surface area (Å²) in [5, 5.41) is 0. The molecule has 110 valence electrons. The Labute approximate surface area is 122 Å². The third-order valence-electron chi connectivity index (χ3n) is 4.48. The summed E-state index contributed by atoms with van der Waals surface area (Å²) < 4.78 is 0. The number of benzene rings is 1. The van der Waals surface area contributed by atoms with E-state index in [1.54, 1.807) is 0 Å². The van der Waals surface area contributed by atoms with Crippen molar-refractivity contribution in [2.24, 2.45) is 11.8 Å². The summed E-state index contributed by atoms with van der Waals surface area (Å²) in [7, 11) is 0. The van der Waals surface area contributed by atoms with E-state index in [9.17, 15) is 4.79 Å². The highest BCUT2D eigenvalue weighted by molar-refractivity contribution is 5.96. The first-order valence-corrected chi connectivity index (χ1v) is 7.64. The highest BCUT2D eigenvalue weighted by Gasteiger charge is 2.23. The third kappa shape index (κ3) is 3.33. The van der Waals surface area contributed by atoms with Crippen LogP contribution in [0.25, 0.3) is 0 Å². The maximum atomic E-state index is 12.6. The Balaban J connectivity index is 2.09. The van der Waals surface area contributed by atoms with Gasteiger partial charge in [-0.3, -0.25) is 4.79 Å². The van der Waals surface area contributed by atoms with Gasteiger partial charge in [0.15, 0.2) is 0 Å². The maximum absolute atomic E-state index is 12.6. The van der Waals surface area contributed by atoms with E-state index in [0.29, 0.717) is 5.92 Å². The number of nitrogens with zero attached hydrogens (tertiary/aromatic N) is 1. The van der Waals surface area contributed by atoms with E-state index in [1.165, 1.54) is 6.42 Å². The molecule has 1 fully saturated rings. The average Bonchev–Trinajstić information content (AvgIpc) is 2.63. The molecule has 1 saturated heterocycles. The number of likely N-dealkylation sites (tertiary alicyclic amines) is 1. The Morgan fingerprint density at radius 1 is 1.30 bits per heavy atom. The van der Waals surface area contributed by atoms with Crippen molar-refractivity contribution in [3.8, 4) is 0 Å². The van der Waals surface area contributed by atoms with E-state index >= 15 is 0 Å². The Kier molecular flexibility index (Phi) is 4.69. The fourth-order valence-electron chi connectivity index (χ4n) is 3.09. The smallest absolute Gasteiger partial charge is 0.254 e.